The quantitative estimate of drug-likeness (QED) is 0.841. The van der Waals surface area contributed by atoms with Gasteiger partial charge in [0, 0.05) is 0 Å². The van der Waals surface area contributed by atoms with E-state index in [2.05, 4.69) is 4.72 Å². The van der Waals surface area contributed by atoms with Crippen LogP contribution in [0.3, 0.4) is 0 Å². The van der Waals surface area contributed by atoms with E-state index in [-0.39, 0.29) is 21.4 Å². The number of carboxylic acids is 1. The number of hydrogen-bond donors (Lipinski definition) is 2. The molecule has 8 heteroatoms. The van der Waals surface area contributed by atoms with Crippen LogP contribution >= 0.6 is 23.2 Å². The molecule has 0 unspecified atom stereocenters. The average molecular weight is 326 g/mol. The molecule has 0 heterocycles. The van der Waals surface area contributed by atoms with Gasteiger partial charge in [-0.25, -0.2) is 8.42 Å². The number of aliphatic carboxylic acids is 1. The van der Waals surface area contributed by atoms with Crippen molar-refractivity contribution in [3.8, 4) is 0 Å². The molecule has 5 nitrogen and oxygen atoms in total. The van der Waals surface area contributed by atoms with E-state index in [0.717, 1.165) is 0 Å². The highest BCUT2D eigenvalue weighted by Crippen LogP contribution is 2.24. The standard InChI is InChI=1S/C11H13Cl2NO4S/c1-2-3-10(11(15)16)14-19(17,18)7-4-5-8(12)9(13)6-7/h4-6,10,14H,2-3H2,1H3,(H,15,16)/t10-/m1/s1. The molecule has 0 aromatic heterocycles. The van der Waals surface area contributed by atoms with Gasteiger partial charge in [0.05, 0.1) is 14.9 Å². The van der Waals surface area contributed by atoms with Gasteiger partial charge in [-0.15, -0.1) is 0 Å². The zero-order valence-electron chi connectivity index (χ0n) is 10.1. The molecular formula is C11H13Cl2NO4S. The van der Waals surface area contributed by atoms with Crippen molar-refractivity contribution in [2.75, 3.05) is 0 Å². The smallest absolute Gasteiger partial charge is 0.321 e. The zero-order chi connectivity index (χ0) is 14.6. The van der Waals surface area contributed by atoms with Gasteiger partial charge in [-0.3, -0.25) is 4.79 Å². The minimum absolute atomic E-state index is 0.0897. The summed E-state index contributed by atoms with van der Waals surface area (Å²) in [5, 5.41) is 9.25. The Hall–Kier alpha value is -0.820. The minimum Gasteiger partial charge on any atom is -0.480 e. The Morgan fingerprint density at radius 1 is 1.37 bits per heavy atom. The summed E-state index contributed by atoms with van der Waals surface area (Å²) in [6.45, 7) is 1.77. The zero-order valence-corrected chi connectivity index (χ0v) is 12.4. The van der Waals surface area contributed by atoms with Crippen molar-refractivity contribution in [1.29, 1.82) is 0 Å². The topological polar surface area (TPSA) is 83.5 Å². The second-order valence-corrected chi connectivity index (χ2v) is 6.41. The van der Waals surface area contributed by atoms with Crippen LogP contribution < -0.4 is 4.72 Å². The Morgan fingerprint density at radius 3 is 2.47 bits per heavy atom. The van der Waals surface area contributed by atoms with E-state index >= 15 is 0 Å². The van der Waals surface area contributed by atoms with Gasteiger partial charge in [-0.05, 0) is 24.6 Å². The lowest BCUT2D eigenvalue weighted by Crippen LogP contribution is -2.40. The van der Waals surface area contributed by atoms with Crippen molar-refractivity contribution in [3.05, 3.63) is 28.2 Å². The van der Waals surface area contributed by atoms with Crippen molar-refractivity contribution in [3.63, 3.8) is 0 Å². The van der Waals surface area contributed by atoms with Crippen molar-refractivity contribution in [2.24, 2.45) is 0 Å². The van der Waals surface area contributed by atoms with Crippen LogP contribution in [0.1, 0.15) is 19.8 Å². The lowest BCUT2D eigenvalue weighted by molar-refractivity contribution is -0.139. The molecule has 19 heavy (non-hydrogen) atoms. The van der Waals surface area contributed by atoms with E-state index in [1.807, 2.05) is 0 Å². The number of benzene rings is 1. The molecular weight excluding hydrogens is 313 g/mol. The first-order valence-corrected chi connectivity index (χ1v) is 7.72. The number of sulfonamides is 1. The monoisotopic (exact) mass is 325 g/mol. The number of carboxylic acid groups (broad SMARTS) is 1. The largest absolute Gasteiger partial charge is 0.480 e. The first-order chi connectivity index (χ1) is 8.77. The lowest BCUT2D eigenvalue weighted by atomic mass is 10.2. The van der Waals surface area contributed by atoms with Crippen LogP contribution in [-0.4, -0.2) is 25.5 Å². The molecule has 1 aromatic carbocycles. The summed E-state index contributed by atoms with van der Waals surface area (Å²) in [7, 11) is -3.94. The molecule has 0 amide bonds. The van der Waals surface area contributed by atoms with E-state index < -0.39 is 22.0 Å². The summed E-state index contributed by atoms with van der Waals surface area (Å²) in [6.07, 6.45) is 0.747. The number of nitrogens with one attached hydrogen (secondary N) is 1. The van der Waals surface area contributed by atoms with Crippen LogP contribution in [0.25, 0.3) is 0 Å². The third-order valence-corrected chi connectivity index (χ3v) is 4.58. The van der Waals surface area contributed by atoms with E-state index in [1.54, 1.807) is 6.92 Å². The summed E-state index contributed by atoms with van der Waals surface area (Å²) in [5.74, 6) is -1.22. The molecule has 0 aliphatic heterocycles. The highest BCUT2D eigenvalue weighted by molar-refractivity contribution is 7.89. The van der Waals surface area contributed by atoms with Crippen LogP contribution in [-0.2, 0) is 14.8 Å². The molecule has 0 radical (unpaired) electrons. The van der Waals surface area contributed by atoms with Crippen LogP contribution in [0.4, 0.5) is 0 Å². The van der Waals surface area contributed by atoms with Crippen molar-refractivity contribution in [2.45, 2.75) is 30.7 Å². The predicted molar refractivity (Wildman–Crippen MR) is 73.1 cm³/mol. The Kier molecular flexibility index (Phi) is 5.61. The minimum atomic E-state index is -3.94. The highest BCUT2D eigenvalue weighted by Gasteiger charge is 2.24. The summed E-state index contributed by atoms with van der Waals surface area (Å²) in [5.41, 5.74) is 0. The Bertz CT molecular complexity index is 574. The normalized spacial score (nSPS) is 13.2. The molecule has 1 rings (SSSR count). The van der Waals surface area contributed by atoms with Crippen LogP contribution in [0.15, 0.2) is 23.1 Å². The van der Waals surface area contributed by atoms with E-state index in [0.29, 0.717) is 6.42 Å². The average Bonchev–Trinajstić information content (AvgIpc) is 2.31. The predicted octanol–water partition coefficient (Wildman–Crippen LogP) is 2.53. The number of rotatable bonds is 6. The summed E-state index contributed by atoms with van der Waals surface area (Å²) in [6, 6.07) is 2.62. The van der Waals surface area contributed by atoms with E-state index in [4.69, 9.17) is 28.3 Å². The molecule has 0 aliphatic carbocycles. The maximum atomic E-state index is 12.0. The fourth-order valence-corrected chi connectivity index (χ4v) is 3.03. The molecule has 1 atom stereocenters. The number of hydrogen-bond acceptors (Lipinski definition) is 3. The van der Waals surface area contributed by atoms with E-state index in [9.17, 15) is 13.2 Å². The van der Waals surface area contributed by atoms with Gasteiger partial charge in [0.1, 0.15) is 6.04 Å². The fraction of sp³-hybridized carbons (Fsp3) is 0.364. The van der Waals surface area contributed by atoms with Crippen LogP contribution in [0.5, 0.6) is 0 Å². The van der Waals surface area contributed by atoms with Crippen molar-refractivity contribution in [1.82, 2.24) is 4.72 Å². The molecule has 106 valence electrons. The second kappa shape index (κ2) is 6.56. The fourth-order valence-electron chi connectivity index (χ4n) is 1.42. The third kappa shape index (κ3) is 4.35. The molecule has 2 N–H and O–H groups in total. The Balaban J connectivity index is 3.03. The highest BCUT2D eigenvalue weighted by atomic mass is 35.5. The maximum Gasteiger partial charge on any atom is 0.321 e. The molecule has 0 fully saturated rings. The van der Waals surface area contributed by atoms with Gasteiger partial charge in [0.2, 0.25) is 10.0 Å². The Labute approximate surface area is 121 Å². The van der Waals surface area contributed by atoms with Gasteiger partial charge in [0.25, 0.3) is 0 Å². The maximum absolute atomic E-state index is 12.0. The summed E-state index contributed by atoms with van der Waals surface area (Å²) >= 11 is 11.4. The van der Waals surface area contributed by atoms with Gasteiger partial charge in [-0.2, -0.15) is 4.72 Å². The number of carbonyl (C=O) groups is 1. The molecule has 0 saturated heterocycles. The summed E-state index contributed by atoms with van der Waals surface area (Å²) in [4.78, 5) is 10.8. The van der Waals surface area contributed by atoms with Gasteiger partial charge in [-0.1, -0.05) is 36.5 Å². The van der Waals surface area contributed by atoms with Crippen molar-refractivity contribution >= 4 is 39.2 Å². The first-order valence-electron chi connectivity index (χ1n) is 5.48. The number of halogens is 2. The first kappa shape index (κ1) is 16.2. The summed E-state index contributed by atoms with van der Waals surface area (Å²) < 4.78 is 26.1. The van der Waals surface area contributed by atoms with Gasteiger partial charge < -0.3 is 5.11 Å². The third-order valence-electron chi connectivity index (χ3n) is 2.37. The molecule has 0 spiro atoms. The van der Waals surface area contributed by atoms with Crippen LogP contribution in [0, 0.1) is 0 Å². The lowest BCUT2D eigenvalue weighted by Gasteiger charge is -2.14. The van der Waals surface area contributed by atoms with Gasteiger partial charge >= 0.3 is 5.97 Å². The second-order valence-electron chi connectivity index (χ2n) is 3.88. The van der Waals surface area contributed by atoms with E-state index in [1.165, 1.54) is 18.2 Å². The molecule has 0 aliphatic rings. The molecule has 0 bridgehead atoms. The van der Waals surface area contributed by atoms with Gasteiger partial charge in [0.15, 0.2) is 0 Å². The van der Waals surface area contributed by atoms with Crippen molar-refractivity contribution < 1.29 is 18.3 Å². The molecule has 1 aromatic rings. The SMILES string of the molecule is CCC[C@@H](NS(=O)(=O)c1ccc(Cl)c(Cl)c1)C(=O)O. The van der Waals surface area contributed by atoms with Crippen LogP contribution in [0.2, 0.25) is 10.0 Å². The molecule has 0 saturated carbocycles. The Morgan fingerprint density at radius 2 is 2.00 bits per heavy atom.